The third-order valence-corrected chi connectivity index (χ3v) is 2.25. The lowest BCUT2D eigenvalue weighted by Crippen LogP contribution is -2.21. The van der Waals surface area contributed by atoms with E-state index < -0.39 is 20.2 Å². The number of rotatable bonds is 7. The van der Waals surface area contributed by atoms with Crippen LogP contribution in [0.3, 0.4) is 0 Å². The third-order valence-electron chi connectivity index (χ3n) is 1.02. The minimum atomic E-state index is -3.76. The lowest BCUT2D eigenvalue weighted by molar-refractivity contribution is -0.239. The number of nitrogens with one attached hydrogen (secondary N) is 1. The highest BCUT2D eigenvalue weighted by molar-refractivity contribution is 7.57. The van der Waals surface area contributed by atoms with Gasteiger partial charge in [0.2, 0.25) is 5.91 Å². The van der Waals surface area contributed by atoms with Gasteiger partial charge in [-0.3, -0.25) is 9.36 Å². The summed E-state index contributed by atoms with van der Waals surface area (Å²) >= 11 is 0. The van der Waals surface area contributed by atoms with Gasteiger partial charge in [-0.15, -0.1) is 9.35 Å². The predicted octanol–water partition coefficient (Wildman–Crippen LogP) is -0.0848. The van der Waals surface area contributed by atoms with Crippen molar-refractivity contribution in [3.8, 4) is 0 Å². The van der Waals surface area contributed by atoms with Crippen molar-refractivity contribution in [1.29, 1.82) is 0 Å². The molecule has 0 spiro atoms. The van der Waals surface area contributed by atoms with Crippen LogP contribution in [0.25, 0.3) is 0 Å². The maximum atomic E-state index is 11.5. The molecule has 0 rings (SSSR count). The first-order valence-corrected chi connectivity index (χ1v) is 5.31. The molecular formula is C6H12NO7P. The van der Waals surface area contributed by atoms with Crippen LogP contribution in [0.1, 0.15) is 0 Å². The molecule has 0 aromatic carbocycles. The normalized spacial score (nSPS) is 11.9. The molecule has 0 unspecified atom stereocenters. The Hall–Kier alpha value is -0.760. The Morgan fingerprint density at radius 1 is 1.40 bits per heavy atom. The summed E-state index contributed by atoms with van der Waals surface area (Å²) in [6.07, 6.45) is 0.856. The molecular weight excluding hydrogens is 229 g/mol. The minimum absolute atomic E-state index is 0.538. The molecule has 0 saturated carbocycles. The van der Waals surface area contributed by atoms with Gasteiger partial charge in [-0.2, -0.15) is 0 Å². The van der Waals surface area contributed by atoms with Crippen molar-refractivity contribution in [2.45, 2.75) is 0 Å². The highest BCUT2D eigenvalue weighted by Gasteiger charge is 2.23. The van der Waals surface area contributed by atoms with E-state index in [1.807, 2.05) is 5.32 Å². The van der Waals surface area contributed by atoms with E-state index in [1.54, 1.807) is 0 Å². The summed E-state index contributed by atoms with van der Waals surface area (Å²) in [6, 6.07) is 0. The summed E-state index contributed by atoms with van der Waals surface area (Å²) in [7, 11) is -1.53. The maximum absolute atomic E-state index is 11.5. The SMILES string of the molecule is COOP(=O)(C=CC(=O)NCO)OOC. The van der Waals surface area contributed by atoms with Crippen molar-refractivity contribution in [2.75, 3.05) is 21.0 Å². The summed E-state index contributed by atoms with van der Waals surface area (Å²) in [5.74, 6) is 0.155. The molecule has 0 aliphatic carbocycles. The van der Waals surface area contributed by atoms with Crippen LogP contribution >= 0.6 is 7.60 Å². The van der Waals surface area contributed by atoms with Crippen LogP contribution in [0.5, 0.6) is 0 Å². The second-order valence-electron chi connectivity index (χ2n) is 2.04. The van der Waals surface area contributed by atoms with Crippen molar-refractivity contribution < 1.29 is 33.6 Å². The van der Waals surface area contributed by atoms with Crippen LogP contribution in [0.4, 0.5) is 0 Å². The van der Waals surface area contributed by atoms with E-state index in [9.17, 15) is 9.36 Å². The molecule has 0 fully saturated rings. The molecule has 15 heavy (non-hydrogen) atoms. The first-order valence-electron chi connectivity index (χ1n) is 3.70. The Morgan fingerprint density at radius 3 is 2.33 bits per heavy atom. The Balaban J connectivity index is 4.39. The highest BCUT2D eigenvalue weighted by Crippen LogP contribution is 2.49. The molecule has 8 nitrogen and oxygen atoms in total. The van der Waals surface area contributed by atoms with Gasteiger partial charge in [0, 0.05) is 11.9 Å². The molecule has 88 valence electrons. The number of carbonyl (C=O) groups is 1. The van der Waals surface area contributed by atoms with E-state index in [4.69, 9.17) is 5.11 Å². The monoisotopic (exact) mass is 241 g/mol. The van der Waals surface area contributed by atoms with Crippen molar-refractivity contribution in [1.82, 2.24) is 5.32 Å². The predicted molar refractivity (Wildman–Crippen MR) is 48.2 cm³/mol. The molecule has 0 heterocycles. The zero-order chi connectivity index (χ0) is 11.7. The van der Waals surface area contributed by atoms with E-state index >= 15 is 0 Å². The average Bonchev–Trinajstić information content (AvgIpc) is 2.16. The molecule has 0 bridgehead atoms. The number of aliphatic hydroxyl groups excluding tert-OH is 1. The van der Waals surface area contributed by atoms with Crippen LogP contribution in [-0.4, -0.2) is 32.0 Å². The Kier molecular flexibility index (Phi) is 7.14. The van der Waals surface area contributed by atoms with E-state index in [-0.39, 0.29) is 0 Å². The number of carbonyl (C=O) groups excluding carboxylic acids is 1. The molecule has 0 aliphatic heterocycles. The van der Waals surface area contributed by atoms with Crippen LogP contribution in [0.15, 0.2) is 11.9 Å². The molecule has 0 radical (unpaired) electrons. The van der Waals surface area contributed by atoms with Crippen LogP contribution in [-0.2, 0) is 28.5 Å². The second-order valence-corrected chi connectivity index (χ2v) is 3.71. The fourth-order valence-corrected chi connectivity index (χ4v) is 1.42. The van der Waals surface area contributed by atoms with Gasteiger partial charge in [-0.05, 0) is 0 Å². The highest BCUT2D eigenvalue weighted by atomic mass is 31.2. The van der Waals surface area contributed by atoms with Gasteiger partial charge >= 0.3 is 7.60 Å². The van der Waals surface area contributed by atoms with E-state index in [0.29, 0.717) is 0 Å². The first-order chi connectivity index (χ1) is 7.08. The number of hydrogen-bond acceptors (Lipinski definition) is 7. The smallest absolute Gasteiger partial charge is 0.376 e. The Bertz CT molecular complexity index is 256. The fourth-order valence-electron chi connectivity index (χ4n) is 0.566. The van der Waals surface area contributed by atoms with Crippen LogP contribution in [0.2, 0.25) is 0 Å². The zero-order valence-corrected chi connectivity index (χ0v) is 9.10. The van der Waals surface area contributed by atoms with E-state index in [2.05, 4.69) is 19.1 Å². The molecule has 0 aromatic rings. The average molecular weight is 241 g/mol. The van der Waals surface area contributed by atoms with Gasteiger partial charge in [0.25, 0.3) is 0 Å². The molecule has 0 saturated heterocycles. The molecule has 0 aromatic heterocycles. The molecule has 0 aliphatic rings. The Morgan fingerprint density at radius 2 is 1.93 bits per heavy atom. The van der Waals surface area contributed by atoms with Gasteiger partial charge < -0.3 is 10.4 Å². The van der Waals surface area contributed by atoms with Crippen LogP contribution < -0.4 is 5.32 Å². The topological polar surface area (TPSA) is 103 Å². The quantitative estimate of drug-likeness (QED) is 0.211. The van der Waals surface area contributed by atoms with E-state index in [0.717, 1.165) is 26.1 Å². The van der Waals surface area contributed by atoms with Crippen molar-refractivity contribution in [2.24, 2.45) is 0 Å². The maximum Gasteiger partial charge on any atom is 0.407 e. The van der Waals surface area contributed by atoms with Crippen molar-refractivity contribution in [3.05, 3.63) is 11.9 Å². The van der Waals surface area contributed by atoms with Crippen molar-refractivity contribution in [3.63, 3.8) is 0 Å². The summed E-state index contributed by atoms with van der Waals surface area (Å²) in [6.45, 7) is -0.538. The molecule has 2 N–H and O–H groups in total. The lowest BCUT2D eigenvalue weighted by atomic mass is 10.6. The summed E-state index contributed by atoms with van der Waals surface area (Å²) in [4.78, 5) is 19.1. The molecule has 0 atom stereocenters. The standard InChI is InChI=1S/C6H12NO7P/c1-11-13-15(10,14-12-2)4-3-6(9)7-5-8/h3-4,8H,5H2,1-2H3,(H,7,9). The van der Waals surface area contributed by atoms with Gasteiger partial charge in [0.15, 0.2) is 0 Å². The first kappa shape index (κ1) is 14.2. The van der Waals surface area contributed by atoms with Gasteiger partial charge in [0.05, 0.1) is 14.2 Å². The van der Waals surface area contributed by atoms with Crippen LogP contribution in [0, 0.1) is 0 Å². The van der Waals surface area contributed by atoms with Gasteiger partial charge in [0.1, 0.15) is 6.73 Å². The third kappa shape index (κ3) is 6.34. The molecule has 1 amide bonds. The summed E-state index contributed by atoms with van der Waals surface area (Å²) in [5.41, 5.74) is 0. The Labute approximate surface area is 86.2 Å². The number of aliphatic hydroxyl groups is 1. The summed E-state index contributed by atoms with van der Waals surface area (Å²) in [5, 5.41) is 10.3. The fraction of sp³-hybridized carbons (Fsp3) is 0.500. The lowest BCUT2D eigenvalue weighted by Gasteiger charge is -2.08. The van der Waals surface area contributed by atoms with Crippen molar-refractivity contribution >= 4 is 13.5 Å². The van der Waals surface area contributed by atoms with E-state index in [1.165, 1.54) is 0 Å². The zero-order valence-electron chi connectivity index (χ0n) is 8.21. The number of hydrogen-bond donors (Lipinski definition) is 2. The second kappa shape index (κ2) is 7.52. The van der Waals surface area contributed by atoms with Gasteiger partial charge in [-0.25, -0.2) is 9.78 Å². The number of amides is 1. The van der Waals surface area contributed by atoms with Gasteiger partial charge in [-0.1, -0.05) is 0 Å². The minimum Gasteiger partial charge on any atom is -0.376 e. The largest absolute Gasteiger partial charge is 0.407 e. The molecule has 9 heteroatoms. The summed E-state index contributed by atoms with van der Waals surface area (Å²) < 4.78 is 20.1.